The normalized spacial score (nSPS) is 18.0. The molecule has 0 spiro atoms. The molecular formula is C32H37N5O4S2. The number of thioether (sulfide) groups is 1. The third kappa shape index (κ3) is 6.44. The number of carbonyl (C=O) groups excluding carboxylic acids is 1. The number of piperazine rings is 1. The molecule has 5 heterocycles. The molecule has 6 rings (SSSR count). The van der Waals surface area contributed by atoms with Gasteiger partial charge in [-0.25, -0.2) is 4.98 Å². The summed E-state index contributed by atoms with van der Waals surface area (Å²) in [6, 6.07) is 9.91. The number of unbranched alkanes of at least 4 members (excludes halogenated alkanes) is 4. The number of pyridine rings is 1. The van der Waals surface area contributed by atoms with Crippen molar-refractivity contribution in [1.29, 1.82) is 0 Å². The molecule has 0 aliphatic carbocycles. The number of benzene rings is 1. The van der Waals surface area contributed by atoms with Crippen molar-refractivity contribution < 1.29 is 14.3 Å². The van der Waals surface area contributed by atoms with E-state index < -0.39 is 0 Å². The number of hydrogen-bond donors (Lipinski definition) is 0. The van der Waals surface area contributed by atoms with E-state index in [-0.39, 0.29) is 18.3 Å². The van der Waals surface area contributed by atoms with Gasteiger partial charge in [0.2, 0.25) is 6.79 Å². The Labute approximate surface area is 261 Å². The van der Waals surface area contributed by atoms with Crippen LogP contribution < -0.4 is 19.9 Å². The molecule has 2 saturated heterocycles. The fourth-order valence-corrected chi connectivity index (χ4v) is 7.02. The Morgan fingerprint density at radius 3 is 2.60 bits per heavy atom. The lowest BCUT2D eigenvalue weighted by Gasteiger charge is -2.36. The maximum Gasteiger partial charge on any atom is 0.267 e. The van der Waals surface area contributed by atoms with Gasteiger partial charge < -0.3 is 14.4 Å². The first-order valence-corrected chi connectivity index (χ1v) is 16.3. The third-order valence-electron chi connectivity index (χ3n) is 8.13. The standard InChI is InChI=1S/C32H37N5O4S2/c1-3-4-5-6-7-12-36-31(39)27(43-32(36)42)18-24-29(33-28-11-8-22(2)19-37(28)30(24)38)35-15-13-34(14-16-35)20-23-9-10-25-26(17-23)41-21-40-25/h8-11,17-19H,3-7,12-16,20-21H2,1-2H3/b27-18+. The van der Waals surface area contributed by atoms with Gasteiger partial charge in [-0.2, -0.15) is 0 Å². The number of aromatic nitrogens is 2. The number of amides is 1. The first-order valence-electron chi connectivity index (χ1n) is 15.1. The van der Waals surface area contributed by atoms with Crippen molar-refractivity contribution in [2.45, 2.75) is 52.5 Å². The number of nitrogens with zero attached hydrogens (tertiary/aromatic N) is 5. The van der Waals surface area contributed by atoms with Crippen molar-refractivity contribution >= 4 is 51.7 Å². The highest BCUT2D eigenvalue weighted by Gasteiger charge is 2.33. The maximum atomic E-state index is 13.9. The van der Waals surface area contributed by atoms with Gasteiger partial charge >= 0.3 is 0 Å². The van der Waals surface area contributed by atoms with Crippen LogP contribution in [0.5, 0.6) is 11.5 Å². The lowest BCUT2D eigenvalue weighted by atomic mass is 10.1. The van der Waals surface area contributed by atoms with Crippen LogP contribution in [-0.2, 0) is 11.3 Å². The lowest BCUT2D eigenvalue weighted by Crippen LogP contribution is -2.47. The third-order valence-corrected chi connectivity index (χ3v) is 9.51. The smallest absolute Gasteiger partial charge is 0.267 e. The molecule has 0 radical (unpaired) electrons. The molecule has 9 nitrogen and oxygen atoms in total. The van der Waals surface area contributed by atoms with Crippen LogP contribution in [0.1, 0.15) is 55.7 Å². The molecule has 0 saturated carbocycles. The molecule has 11 heteroatoms. The van der Waals surface area contributed by atoms with E-state index in [1.807, 2.05) is 31.2 Å². The van der Waals surface area contributed by atoms with Crippen LogP contribution in [0.4, 0.5) is 5.82 Å². The zero-order valence-electron chi connectivity index (χ0n) is 24.7. The van der Waals surface area contributed by atoms with Gasteiger partial charge in [0.05, 0.1) is 10.5 Å². The summed E-state index contributed by atoms with van der Waals surface area (Å²) in [5, 5.41) is 0. The summed E-state index contributed by atoms with van der Waals surface area (Å²) in [7, 11) is 0. The summed E-state index contributed by atoms with van der Waals surface area (Å²) in [6.45, 7) is 8.84. The number of anilines is 1. The average Bonchev–Trinajstić information content (AvgIpc) is 3.58. The second-order valence-corrected chi connectivity index (χ2v) is 13.0. The Kier molecular flexibility index (Phi) is 9.01. The minimum absolute atomic E-state index is 0.126. The number of aryl methyl sites for hydroxylation is 1. The molecule has 2 aromatic heterocycles. The SMILES string of the molecule is CCCCCCCN1C(=O)/C(=C\c2c(N3CCN(Cc4ccc5c(c4)OCO5)CC3)nc3ccc(C)cn3c2=O)SC1=S. The minimum atomic E-state index is -0.184. The summed E-state index contributed by atoms with van der Waals surface area (Å²) >= 11 is 6.86. The molecule has 0 N–H and O–H groups in total. The van der Waals surface area contributed by atoms with Gasteiger partial charge in [-0.15, -0.1) is 0 Å². The molecule has 3 aliphatic heterocycles. The molecule has 3 aliphatic rings. The van der Waals surface area contributed by atoms with Gasteiger partial charge in [0.1, 0.15) is 15.8 Å². The van der Waals surface area contributed by atoms with E-state index in [0.29, 0.717) is 45.9 Å². The number of fused-ring (bicyclic) bond motifs is 2. The van der Waals surface area contributed by atoms with E-state index in [9.17, 15) is 9.59 Å². The first-order chi connectivity index (χ1) is 20.9. The van der Waals surface area contributed by atoms with E-state index >= 15 is 0 Å². The molecule has 1 amide bonds. The quantitative estimate of drug-likeness (QED) is 0.172. The molecule has 0 atom stereocenters. The zero-order valence-corrected chi connectivity index (χ0v) is 26.3. The van der Waals surface area contributed by atoms with Crippen LogP contribution in [0.25, 0.3) is 11.7 Å². The highest BCUT2D eigenvalue weighted by molar-refractivity contribution is 8.26. The van der Waals surface area contributed by atoms with Crippen LogP contribution in [-0.4, -0.2) is 68.9 Å². The molecule has 1 aromatic carbocycles. The highest BCUT2D eigenvalue weighted by Crippen LogP contribution is 2.35. The fraction of sp³-hybridized carbons (Fsp3) is 0.438. The van der Waals surface area contributed by atoms with E-state index in [4.69, 9.17) is 26.7 Å². The average molecular weight is 620 g/mol. The van der Waals surface area contributed by atoms with Crippen molar-refractivity contribution in [3.63, 3.8) is 0 Å². The predicted octanol–water partition coefficient (Wildman–Crippen LogP) is 5.23. The van der Waals surface area contributed by atoms with Crippen LogP contribution in [0, 0.1) is 6.92 Å². The van der Waals surface area contributed by atoms with E-state index in [1.54, 1.807) is 21.6 Å². The largest absolute Gasteiger partial charge is 0.454 e. The monoisotopic (exact) mass is 619 g/mol. The van der Waals surface area contributed by atoms with Crippen LogP contribution in [0.2, 0.25) is 0 Å². The van der Waals surface area contributed by atoms with Crippen LogP contribution >= 0.6 is 24.0 Å². The van der Waals surface area contributed by atoms with Gasteiger partial charge in [-0.05, 0) is 48.7 Å². The molecule has 3 aromatic rings. The molecule has 226 valence electrons. The number of hydrogen-bond acceptors (Lipinski definition) is 9. The van der Waals surface area contributed by atoms with Gasteiger partial charge in [0.25, 0.3) is 11.5 Å². The molecule has 0 bridgehead atoms. The highest BCUT2D eigenvalue weighted by atomic mass is 32.2. The summed E-state index contributed by atoms with van der Waals surface area (Å²) in [5.74, 6) is 2.06. The summed E-state index contributed by atoms with van der Waals surface area (Å²) in [4.78, 5) is 39.0. The summed E-state index contributed by atoms with van der Waals surface area (Å²) in [6.07, 6.45) is 9.05. The summed E-state index contributed by atoms with van der Waals surface area (Å²) < 4.78 is 13.1. The Morgan fingerprint density at radius 1 is 1.00 bits per heavy atom. The van der Waals surface area contributed by atoms with Crippen molar-refractivity contribution in [2.24, 2.45) is 0 Å². The Balaban J connectivity index is 1.23. The van der Waals surface area contributed by atoms with Gasteiger partial charge in [-0.1, -0.05) is 68.7 Å². The van der Waals surface area contributed by atoms with Gasteiger partial charge in [-0.3, -0.25) is 23.8 Å². The number of ether oxygens (including phenoxy) is 2. The molecule has 43 heavy (non-hydrogen) atoms. The van der Waals surface area contributed by atoms with E-state index in [2.05, 4.69) is 22.8 Å². The maximum absolute atomic E-state index is 13.9. The Bertz CT molecular complexity index is 1630. The Hall–Kier alpha value is -3.41. The van der Waals surface area contributed by atoms with Crippen molar-refractivity contribution in [1.82, 2.24) is 19.2 Å². The fourth-order valence-electron chi connectivity index (χ4n) is 5.73. The van der Waals surface area contributed by atoms with Crippen molar-refractivity contribution in [2.75, 3.05) is 44.4 Å². The predicted molar refractivity (Wildman–Crippen MR) is 175 cm³/mol. The van der Waals surface area contributed by atoms with Crippen LogP contribution in [0.3, 0.4) is 0 Å². The van der Waals surface area contributed by atoms with Gasteiger partial charge in [0.15, 0.2) is 11.5 Å². The van der Waals surface area contributed by atoms with E-state index in [0.717, 1.165) is 56.0 Å². The lowest BCUT2D eigenvalue weighted by molar-refractivity contribution is -0.122. The van der Waals surface area contributed by atoms with E-state index in [1.165, 1.54) is 30.2 Å². The van der Waals surface area contributed by atoms with Crippen molar-refractivity contribution in [3.8, 4) is 11.5 Å². The number of rotatable bonds is 10. The topological polar surface area (TPSA) is 79.6 Å². The summed E-state index contributed by atoms with van der Waals surface area (Å²) in [5.41, 5.74) is 2.96. The molecule has 2 fully saturated rings. The Morgan fingerprint density at radius 2 is 1.79 bits per heavy atom. The van der Waals surface area contributed by atoms with Crippen molar-refractivity contribution in [3.05, 3.63) is 68.5 Å². The number of carbonyl (C=O) groups is 1. The van der Waals surface area contributed by atoms with Crippen LogP contribution in [0.15, 0.2) is 46.2 Å². The number of thiocarbonyl (C=S) groups is 1. The first kappa shape index (κ1) is 29.7. The van der Waals surface area contributed by atoms with Gasteiger partial charge in [0, 0.05) is 45.5 Å². The molecular weight excluding hydrogens is 583 g/mol. The second kappa shape index (κ2) is 13.1. The zero-order chi connectivity index (χ0) is 29.9. The molecule has 0 unspecified atom stereocenters. The second-order valence-electron chi connectivity index (χ2n) is 11.3. The minimum Gasteiger partial charge on any atom is -0.454 e.